The SMILES string of the molecule is Cc1ccc(NCCCNC(=O)OC(C)(C)C)cc1S(N)(=O)=O. The highest BCUT2D eigenvalue weighted by Crippen LogP contribution is 2.18. The van der Waals surface area contributed by atoms with E-state index in [1.54, 1.807) is 39.8 Å². The van der Waals surface area contributed by atoms with Crippen LogP contribution in [0.2, 0.25) is 0 Å². The number of hydrogen-bond acceptors (Lipinski definition) is 5. The van der Waals surface area contributed by atoms with E-state index in [9.17, 15) is 13.2 Å². The average molecular weight is 343 g/mol. The summed E-state index contributed by atoms with van der Waals surface area (Å²) in [5.41, 5.74) is 0.746. The lowest BCUT2D eigenvalue weighted by atomic mass is 10.2. The third-order valence-corrected chi connectivity index (χ3v) is 3.90. The number of anilines is 1. The summed E-state index contributed by atoms with van der Waals surface area (Å²) in [6.45, 7) is 8.12. The number of ether oxygens (including phenoxy) is 1. The molecule has 0 aromatic heterocycles. The molecule has 0 spiro atoms. The van der Waals surface area contributed by atoms with Crippen molar-refractivity contribution in [2.24, 2.45) is 5.14 Å². The minimum Gasteiger partial charge on any atom is -0.444 e. The van der Waals surface area contributed by atoms with Gasteiger partial charge in [-0.15, -0.1) is 0 Å². The molecule has 0 bridgehead atoms. The first-order valence-corrected chi connectivity index (χ1v) is 8.88. The van der Waals surface area contributed by atoms with Crippen LogP contribution in [0.4, 0.5) is 10.5 Å². The van der Waals surface area contributed by atoms with Gasteiger partial charge in [-0.1, -0.05) is 6.07 Å². The third kappa shape index (κ3) is 7.34. The van der Waals surface area contributed by atoms with Crippen molar-refractivity contribution in [3.8, 4) is 0 Å². The van der Waals surface area contributed by atoms with Gasteiger partial charge in [0.05, 0.1) is 4.90 Å². The average Bonchev–Trinajstić information content (AvgIpc) is 2.36. The number of alkyl carbamates (subject to hydrolysis) is 1. The predicted molar refractivity (Wildman–Crippen MR) is 89.9 cm³/mol. The van der Waals surface area contributed by atoms with Crippen molar-refractivity contribution < 1.29 is 17.9 Å². The smallest absolute Gasteiger partial charge is 0.407 e. The monoisotopic (exact) mass is 343 g/mol. The van der Waals surface area contributed by atoms with E-state index >= 15 is 0 Å². The van der Waals surface area contributed by atoms with Crippen molar-refractivity contribution in [2.45, 2.75) is 44.6 Å². The second kappa shape index (κ2) is 7.65. The molecule has 0 atom stereocenters. The van der Waals surface area contributed by atoms with Gasteiger partial charge in [-0.25, -0.2) is 18.4 Å². The van der Waals surface area contributed by atoms with Crippen LogP contribution in [0.1, 0.15) is 32.8 Å². The van der Waals surface area contributed by atoms with E-state index in [1.165, 1.54) is 6.07 Å². The fraction of sp³-hybridized carbons (Fsp3) is 0.533. The molecule has 0 aliphatic carbocycles. The summed E-state index contributed by atoms with van der Waals surface area (Å²) in [4.78, 5) is 11.6. The van der Waals surface area contributed by atoms with Crippen LogP contribution in [0, 0.1) is 6.92 Å². The molecule has 0 aliphatic rings. The molecule has 0 saturated heterocycles. The van der Waals surface area contributed by atoms with Gasteiger partial charge in [0.15, 0.2) is 0 Å². The van der Waals surface area contributed by atoms with Gasteiger partial charge < -0.3 is 15.4 Å². The minimum absolute atomic E-state index is 0.106. The molecule has 0 aliphatic heterocycles. The topological polar surface area (TPSA) is 111 Å². The Bertz CT molecular complexity index is 651. The number of benzene rings is 1. The van der Waals surface area contributed by atoms with E-state index in [4.69, 9.17) is 9.88 Å². The molecule has 23 heavy (non-hydrogen) atoms. The number of carbonyl (C=O) groups excluding carboxylic acids is 1. The Morgan fingerprint density at radius 3 is 2.48 bits per heavy atom. The highest BCUT2D eigenvalue weighted by Gasteiger charge is 2.15. The third-order valence-electron chi connectivity index (χ3n) is 2.85. The minimum atomic E-state index is -3.73. The zero-order chi connectivity index (χ0) is 17.7. The Balaban J connectivity index is 2.41. The van der Waals surface area contributed by atoms with E-state index in [0.717, 1.165) is 0 Å². The number of aryl methyl sites for hydroxylation is 1. The molecular formula is C15H25N3O4S. The van der Waals surface area contributed by atoms with E-state index in [1.807, 2.05) is 0 Å². The number of nitrogens with one attached hydrogen (secondary N) is 2. The maximum atomic E-state index is 11.5. The summed E-state index contributed by atoms with van der Waals surface area (Å²) in [6.07, 6.45) is 0.210. The van der Waals surface area contributed by atoms with Gasteiger partial charge in [0.1, 0.15) is 5.60 Å². The summed E-state index contributed by atoms with van der Waals surface area (Å²) in [7, 11) is -3.73. The van der Waals surface area contributed by atoms with Crippen molar-refractivity contribution in [1.29, 1.82) is 0 Å². The number of amides is 1. The van der Waals surface area contributed by atoms with Crippen LogP contribution < -0.4 is 15.8 Å². The number of primary sulfonamides is 1. The lowest BCUT2D eigenvalue weighted by molar-refractivity contribution is 0.0528. The number of carbonyl (C=O) groups is 1. The van der Waals surface area contributed by atoms with Gasteiger partial charge in [-0.05, 0) is 51.8 Å². The molecule has 1 aromatic carbocycles. The first kappa shape index (κ1) is 19.2. The molecular weight excluding hydrogens is 318 g/mol. The second-order valence-corrected chi connectivity index (χ2v) is 7.76. The second-order valence-electron chi connectivity index (χ2n) is 6.23. The summed E-state index contributed by atoms with van der Waals surface area (Å²) in [5.74, 6) is 0. The quantitative estimate of drug-likeness (QED) is 0.684. The zero-order valence-corrected chi connectivity index (χ0v) is 14.8. The van der Waals surface area contributed by atoms with Crippen LogP contribution in [0.25, 0.3) is 0 Å². The van der Waals surface area contributed by atoms with Gasteiger partial charge in [-0.2, -0.15) is 0 Å². The summed E-state index contributed by atoms with van der Waals surface area (Å²) in [6, 6.07) is 4.98. The molecule has 0 fully saturated rings. The highest BCUT2D eigenvalue weighted by molar-refractivity contribution is 7.89. The van der Waals surface area contributed by atoms with Gasteiger partial charge >= 0.3 is 6.09 Å². The molecule has 1 amide bonds. The molecule has 8 heteroatoms. The van der Waals surface area contributed by atoms with Crippen LogP contribution >= 0.6 is 0 Å². The lowest BCUT2D eigenvalue weighted by Gasteiger charge is -2.19. The molecule has 0 saturated carbocycles. The molecule has 130 valence electrons. The van der Waals surface area contributed by atoms with E-state index in [0.29, 0.717) is 30.8 Å². The molecule has 1 aromatic rings. The highest BCUT2D eigenvalue weighted by atomic mass is 32.2. The molecule has 0 radical (unpaired) electrons. The van der Waals surface area contributed by atoms with Crippen LogP contribution in [0.3, 0.4) is 0 Å². The first-order valence-electron chi connectivity index (χ1n) is 7.33. The maximum absolute atomic E-state index is 11.5. The van der Waals surface area contributed by atoms with Crippen molar-refractivity contribution in [2.75, 3.05) is 18.4 Å². The van der Waals surface area contributed by atoms with Gasteiger partial charge in [0.25, 0.3) is 0 Å². The van der Waals surface area contributed by atoms with Gasteiger partial charge in [0.2, 0.25) is 10.0 Å². The zero-order valence-electron chi connectivity index (χ0n) is 14.0. The Hall–Kier alpha value is -1.80. The summed E-state index contributed by atoms with van der Waals surface area (Å²) < 4.78 is 28.0. The Labute approximate surface area is 137 Å². The molecule has 0 unspecified atom stereocenters. The molecule has 4 N–H and O–H groups in total. The van der Waals surface area contributed by atoms with Crippen molar-refractivity contribution >= 4 is 21.8 Å². The van der Waals surface area contributed by atoms with Gasteiger partial charge in [0, 0.05) is 18.8 Å². The van der Waals surface area contributed by atoms with E-state index < -0.39 is 21.7 Å². The first-order chi connectivity index (χ1) is 10.5. The summed E-state index contributed by atoms with van der Waals surface area (Å²) >= 11 is 0. The number of sulfonamides is 1. The molecule has 7 nitrogen and oxygen atoms in total. The lowest BCUT2D eigenvalue weighted by Crippen LogP contribution is -2.33. The molecule has 0 heterocycles. The number of rotatable bonds is 6. The van der Waals surface area contributed by atoms with Crippen LogP contribution in [0.5, 0.6) is 0 Å². The van der Waals surface area contributed by atoms with Crippen LogP contribution in [-0.4, -0.2) is 33.2 Å². The Morgan fingerprint density at radius 1 is 1.26 bits per heavy atom. The Kier molecular flexibility index (Phi) is 6.40. The molecule has 1 rings (SSSR count). The van der Waals surface area contributed by atoms with Crippen molar-refractivity contribution in [3.63, 3.8) is 0 Å². The van der Waals surface area contributed by atoms with Crippen molar-refractivity contribution in [3.05, 3.63) is 23.8 Å². The van der Waals surface area contributed by atoms with Crippen molar-refractivity contribution in [1.82, 2.24) is 5.32 Å². The normalized spacial score (nSPS) is 11.9. The predicted octanol–water partition coefficient (Wildman–Crippen LogP) is 1.97. The fourth-order valence-corrected chi connectivity index (χ4v) is 2.65. The largest absolute Gasteiger partial charge is 0.444 e. The Morgan fingerprint density at radius 2 is 1.91 bits per heavy atom. The standard InChI is InChI=1S/C15H25N3O4S/c1-11-6-7-12(10-13(11)23(16,20)21)17-8-5-9-18-14(19)22-15(2,3)4/h6-7,10,17H,5,8-9H2,1-4H3,(H,18,19)(H2,16,20,21). The van der Waals surface area contributed by atoms with E-state index in [2.05, 4.69) is 10.6 Å². The fourth-order valence-electron chi connectivity index (χ4n) is 1.84. The number of nitrogens with two attached hydrogens (primary N) is 1. The van der Waals surface area contributed by atoms with Crippen LogP contribution in [-0.2, 0) is 14.8 Å². The maximum Gasteiger partial charge on any atom is 0.407 e. The number of hydrogen-bond donors (Lipinski definition) is 3. The summed E-state index contributed by atoms with van der Waals surface area (Å²) in [5, 5.41) is 10.9. The van der Waals surface area contributed by atoms with Gasteiger partial charge in [-0.3, -0.25) is 0 Å². The van der Waals surface area contributed by atoms with Crippen LogP contribution in [0.15, 0.2) is 23.1 Å². The van der Waals surface area contributed by atoms with E-state index in [-0.39, 0.29) is 4.90 Å².